The zero-order valence-corrected chi connectivity index (χ0v) is 14.3. The standard InChI is InChI=1S/C16H24N4O2S/c1-12(8-19-7-6-17-10-19)18-15(21)14-9-23-11-20(14)16(22)13-4-2-3-5-13/h6-7,10,12-14H,2-5,8-9,11H2,1H3,(H,18,21)/t12-,14-/m0/s1. The van der Waals surface area contributed by atoms with Gasteiger partial charge in [0.15, 0.2) is 0 Å². The summed E-state index contributed by atoms with van der Waals surface area (Å²) in [4.78, 5) is 31.0. The van der Waals surface area contributed by atoms with Gasteiger partial charge in [-0.2, -0.15) is 0 Å². The minimum Gasteiger partial charge on any atom is -0.350 e. The number of nitrogens with one attached hydrogen (secondary N) is 1. The van der Waals surface area contributed by atoms with Crippen LogP contribution >= 0.6 is 11.8 Å². The number of hydrogen-bond acceptors (Lipinski definition) is 4. The largest absolute Gasteiger partial charge is 0.350 e. The highest BCUT2D eigenvalue weighted by Crippen LogP contribution is 2.30. The first-order valence-corrected chi connectivity index (χ1v) is 9.45. The second-order valence-electron chi connectivity index (χ2n) is 6.47. The molecule has 2 amide bonds. The van der Waals surface area contributed by atoms with E-state index in [0.717, 1.165) is 25.7 Å². The SMILES string of the molecule is C[C@@H](Cn1ccnc1)NC(=O)[C@@H]1CSCN1C(=O)C1CCCC1. The molecule has 7 heteroatoms. The second kappa shape index (κ2) is 7.38. The predicted octanol–water partition coefficient (Wildman–Crippen LogP) is 1.48. The van der Waals surface area contributed by atoms with Crippen molar-refractivity contribution in [1.29, 1.82) is 0 Å². The van der Waals surface area contributed by atoms with Crippen LogP contribution in [0.2, 0.25) is 0 Å². The highest BCUT2D eigenvalue weighted by Gasteiger charge is 2.38. The lowest BCUT2D eigenvalue weighted by Gasteiger charge is -2.27. The van der Waals surface area contributed by atoms with Gasteiger partial charge in [-0.3, -0.25) is 9.59 Å². The molecule has 1 aliphatic heterocycles. The van der Waals surface area contributed by atoms with Gasteiger partial charge in [-0.15, -0.1) is 11.8 Å². The fourth-order valence-corrected chi connectivity index (χ4v) is 4.54. The van der Waals surface area contributed by atoms with E-state index in [4.69, 9.17) is 0 Å². The van der Waals surface area contributed by atoms with Gasteiger partial charge < -0.3 is 14.8 Å². The molecule has 1 aliphatic carbocycles. The molecule has 1 saturated carbocycles. The van der Waals surface area contributed by atoms with E-state index in [1.54, 1.807) is 29.2 Å². The summed E-state index contributed by atoms with van der Waals surface area (Å²) >= 11 is 1.67. The lowest BCUT2D eigenvalue weighted by atomic mass is 10.1. The van der Waals surface area contributed by atoms with Crippen molar-refractivity contribution in [3.63, 3.8) is 0 Å². The van der Waals surface area contributed by atoms with Crippen LogP contribution in [0.3, 0.4) is 0 Å². The summed E-state index contributed by atoms with van der Waals surface area (Å²) in [6, 6.07) is -0.316. The Morgan fingerprint density at radius 3 is 2.87 bits per heavy atom. The molecule has 1 aromatic rings. The minimum atomic E-state index is -0.321. The molecule has 1 saturated heterocycles. The first-order valence-electron chi connectivity index (χ1n) is 8.29. The topological polar surface area (TPSA) is 67.2 Å². The van der Waals surface area contributed by atoms with Crippen LogP contribution in [-0.4, -0.2) is 50.0 Å². The molecule has 2 heterocycles. The van der Waals surface area contributed by atoms with E-state index in [2.05, 4.69) is 10.3 Å². The summed E-state index contributed by atoms with van der Waals surface area (Å²) < 4.78 is 1.94. The lowest BCUT2D eigenvalue weighted by molar-refractivity contribution is -0.141. The smallest absolute Gasteiger partial charge is 0.243 e. The number of nitrogens with zero attached hydrogens (tertiary/aromatic N) is 3. The van der Waals surface area contributed by atoms with Crippen molar-refractivity contribution < 1.29 is 9.59 Å². The normalized spacial score (nSPS) is 23.2. The Balaban J connectivity index is 1.55. The Labute approximate surface area is 141 Å². The Kier molecular flexibility index (Phi) is 5.25. The highest BCUT2D eigenvalue weighted by molar-refractivity contribution is 7.99. The van der Waals surface area contributed by atoms with Crippen molar-refractivity contribution in [1.82, 2.24) is 19.8 Å². The Bertz CT molecular complexity index is 542. The van der Waals surface area contributed by atoms with Crippen LogP contribution in [0.25, 0.3) is 0 Å². The van der Waals surface area contributed by atoms with Crippen LogP contribution < -0.4 is 5.32 Å². The van der Waals surface area contributed by atoms with Gasteiger partial charge in [0.25, 0.3) is 0 Å². The average molecular weight is 336 g/mol. The monoisotopic (exact) mass is 336 g/mol. The van der Waals surface area contributed by atoms with Crippen LogP contribution in [0.1, 0.15) is 32.6 Å². The van der Waals surface area contributed by atoms with Gasteiger partial charge in [0.2, 0.25) is 11.8 Å². The molecular weight excluding hydrogens is 312 g/mol. The summed E-state index contributed by atoms with van der Waals surface area (Å²) in [5.41, 5.74) is 0. The molecule has 1 aromatic heterocycles. The van der Waals surface area contributed by atoms with Gasteiger partial charge in [0.1, 0.15) is 6.04 Å². The van der Waals surface area contributed by atoms with E-state index in [1.165, 1.54) is 0 Å². The Morgan fingerprint density at radius 1 is 1.39 bits per heavy atom. The van der Waals surface area contributed by atoms with E-state index in [-0.39, 0.29) is 29.8 Å². The molecule has 0 bridgehead atoms. The third kappa shape index (κ3) is 3.88. The number of hydrogen-bond donors (Lipinski definition) is 1. The number of thioether (sulfide) groups is 1. The molecule has 0 spiro atoms. The van der Waals surface area contributed by atoms with Gasteiger partial charge in [0.05, 0.1) is 12.2 Å². The highest BCUT2D eigenvalue weighted by atomic mass is 32.2. The molecule has 2 fully saturated rings. The molecule has 2 atom stereocenters. The number of carbonyl (C=O) groups excluding carboxylic acids is 2. The van der Waals surface area contributed by atoms with Gasteiger partial charge in [-0.25, -0.2) is 4.98 Å². The van der Waals surface area contributed by atoms with E-state index < -0.39 is 0 Å². The lowest BCUT2D eigenvalue weighted by Crippen LogP contribution is -2.51. The summed E-state index contributed by atoms with van der Waals surface area (Å²) in [5, 5.41) is 3.04. The fraction of sp³-hybridized carbons (Fsp3) is 0.688. The molecule has 23 heavy (non-hydrogen) atoms. The number of amides is 2. The summed E-state index contributed by atoms with van der Waals surface area (Å²) in [6.45, 7) is 2.66. The maximum atomic E-state index is 12.6. The second-order valence-corrected chi connectivity index (χ2v) is 7.47. The molecule has 126 valence electrons. The molecule has 0 radical (unpaired) electrons. The number of carbonyl (C=O) groups is 2. The molecular formula is C16H24N4O2S. The van der Waals surface area contributed by atoms with E-state index in [0.29, 0.717) is 18.2 Å². The summed E-state index contributed by atoms with van der Waals surface area (Å²) in [7, 11) is 0. The van der Waals surface area contributed by atoms with E-state index in [1.807, 2.05) is 17.7 Å². The van der Waals surface area contributed by atoms with Gasteiger partial charge in [0, 0.05) is 36.7 Å². The molecule has 3 rings (SSSR count). The zero-order chi connectivity index (χ0) is 16.2. The first kappa shape index (κ1) is 16.4. The zero-order valence-electron chi connectivity index (χ0n) is 13.5. The third-order valence-corrected chi connectivity index (χ3v) is 5.62. The summed E-state index contributed by atoms with van der Waals surface area (Å²) in [6.07, 6.45) is 9.57. The van der Waals surface area contributed by atoms with Crippen LogP contribution in [0.15, 0.2) is 18.7 Å². The molecule has 2 aliphatic rings. The summed E-state index contributed by atoms with van der Waals surface area (Å²) in [5.74, 6) is 1.61. The van der Waals surface area contributed by atoms with Gasteiger partial charge >= 0.3 is 0 Å². The van der Waals surface area contributed by atoms with Crippen LogP contribution in [0.5, 0.6) is 0 Å². The van der Waals surface area contributed by atoms with Crippen LogP contribution in [0, 0.1) is 5.92 Å². The first-order chi connectivity index (χ1) is 11.1. The maximum absolute atomic E-state index is 12.6. The number of rotatable bonds is 5. The molecule has 0 aromatic carbocycles. The Morgan fingerprint density at radius 2 is 2.17 bits per heavy atom. The molecule has 6 nitrogen and oxygen atoms in total. The molecule has 0 unspecified atom stereocenters. The Hall–Kier alpha value is -1.50. The average Bonchev–Trinajstić information content (AvgIpc) is 3.27. The van der Waals surface area contributed by atoms with Gasteiger partial charge in [-0.05, 0) is 19.8 Å². The number of imidazole rings is 1. The van der Waals surface area contributed by atoms with Crippen molar-refractivity contribution >= 4 is 23.6 Å². The fourth-order valence-electron chi connectivity index (χ4n) is 3.38. The third-order valence-electron chi connectivity index (χ3n) is 4.60. The van der Waals surface area contributed by atoms with Crippen molar-refractivity contribution in [2.24, 2.45) is 5.92 Å². The van der Waals surface area contributed by atoms with E-state index >= 15 is 0 Å². The molecule has 1 N–H and O–H groups in total. The maximum Gasteiger partial charge on any atom is 0.243 e. The van der Waals surface area contributed by atoms with Crippen molar-refractivity contribution in [3.05, 3.63) is 18.7 Å². The number of aromatic nitrogens is 2. The van der Waals surface area contributed by atoms with Crippen LogP contribution in [0.4, 0.5) is 0 Å². The van der Waals surface area contributed by atoms with Crippen molar-refractivity contribution in [3.8, 4) is 0 Å². The van der Waals surface area contributed by atoms with Crippen molar-refractivity contribution in [2.75, 3.05) is 11.6 Å². The minimum absolute atomic E-state index is 0.00531. The van der Waals surface area contributed by atoms with Crippen molar-refractivity contribution in [2.45, 2.75) is 51.2 Å². The van der Waals surface area contributed by atoms with Gasteiger partial charge in [-0.1, -0.05) is 12.8 Å². The quantitative estimate of drug-likeness (QED) is 0.884. The van der Waals surface area contributed by atoms with Crippen LogP contribution in [-0.2, 0) is 16.1 Å². The predicted molar refractivity (Wildman–Crippen MR) is 89.7 cm³/mol. The van der Waals surface area contributed by atoms with E-state index in [9.17, 15) is 9.59 Å².